The summed E-state index contributed by atoms with van der Waals surface area (Å²) in [7, 11) is 0. The first-order valence-electron chi connectivity index (χ1n) is 10.3. The molecule has 2 rings (SSSR count). The Labute approximate surface area is 186 Å². The number of hydrogen-bond donors (Lipinski definition) is 0. The number of esters is 3. The van der Waals surface area contributed by atoms with Crippen molar-refractivity contribution in [2.75, 3.05) is 11.9 Å². The van der Waals surface area contributed by atoms with Gasteiger partial charge in [0, 0.05) is 5.33 Å². The Morgan fingerprint density at radius 2 is 1.80 bits per heavy atom. The van der Waals surface area contributed by atoms with Crippen molar-refractivity contribution in [3.63, 3.8) is 0 Å². The van der Waals surface area contributed by atoms with E-state index in [1.54, 1.807) is 26.0 Å². The largest absolute Gasteiger partial charge is 0.462 e. The van der Waals surface area contributed by atoms with Gasteiger partial charge in [-0.25, -0.2) is 14.4 Å². The SMILES string of the molecule is CCCCC(CC)COC(=O)c1ccc(OC(=O)C2=C(CBr)C(=O)OC2(C)C)cc1. The molecule has 0 aliphatic carbocycles. The van der Waals surface area contributed by atoms with E-state index in [1.807, 2.05) is 0 Å². The second kappa shape index (κ2) is 10.8. The molecule has 1 aromatic carbocycles. The minimum absolute atomic E-state index is 0.186. The molecule has 1 unspecified atom stereocenters. The third kappa shape index (κ3) is 5.94. The Balaban J connectivity index is 2.00. The van der Waals surface area contributed by atoms with Gasteiger partial charge in [0.2, 0.25) is 0 Å². The fourth-order valence-electron chi connectivity index (χ4n) is 3.29. The molecule has 0 radical (unpaired) electrons. The number of hydrogen-bond acceptors (Lipinski definition) is 6. The number of carbonyl (C=O) groups excluding carboxylic acids is 3. The van der Waals surface area contributed by atoms with Gasteiger partial charge in [-0.3, -0.25) is 0 Å². The Morgan fingerprint density at radius 1 is 1.13 bits per heavy atom. The summed E-state index contributed by atoms with van der Waals surface area (Å²) in [4.78, 5) is 36.9. The average Bonchev–Trinajstić information content (AvgIpc) is 2.95. The minimum Gasteiger partial charge on any atom is -0.462 e. The van der Waals surface area contributed by atoms with Crippen molar-refractivity contribution in [2.45, 2.75) is 59.0 Å². The number of alkyl halides is 1. The van der Waals surface area contributed by atoms with Crippen LogP contribution in [0.5, 0.6) is 5.75 Å². The van der Waals surface area contributed by atoms with Crippen LogP contribution in [0.4, 0.5) is 0 Å². The van der Waals surface area contributed by atoms with Crippen molar-refractivity contribution in [3.05, 3.63) is 41.0 Å². The fraction of sp³-hybridized carbons (Fsp3) is 0.522. The second-order valence-electron chi connectivity index (χ2n) is 7.82. The van der Waals surface area contributed by atoms with Crippen LogP contribution < -0.4 is 4.74 Å². The van der Waals surface area contributed by atoms with Crippen LogP contribution in [-0.2, 0) is 19.1 Å². The van der Waals surface area contributed by atoms with Gasteiger partial charge in [0.05, 0.1) is 23.3 Å². The minimum atomic E-state index is -1.06. The normalized spacial score (nSPS) is 16.2. The first-order chi connectivity index (χ1) is 14.2. The van der Waals surface area contributed by atoms with Gasteiger partial charge in [0.25, 0.3) is 0 Å². The predicted molar refractivity (Wildman–Crippen MR) is 117 cm³/mol. The molecule has 1 aliphatic rings. The number of halogens is 1. The van der Waals surface area contributed by atoms with E-state index in [9.17, 15) is 14.4 Å². The van der Waals surface area contributed by atoms with E-state index in [2.05, 4.69) is 29.8 Å². The summed E-state index contributed by atoms with van der Waals surface area (Å²) < 4.78 is 16.1. The highest BCUT2D eigenvalue weighted by atomic mass is 79.9. The van der Waals surface area contributed by atoms with Crippen molar-refractivity contribution >= 4 is 33.8 Å². The van der Waals surface area contributed by atoms with Gasteiger partial charge in [-0.1, -0.05) is 49.0 Å². The maximum absolute atomic E-state index is 12.6. The summed E-state index contributed by atoms with van der Waals surface area (Å²) in [6, 6.07) is 6.17. The van der Waals surface area contributed by atoms with E-state index < -0.39 is 23.5 Å². The topological polar surface area (TPSA) is 78.9 Å². The van der Waals surface area contributed by atoms with Crippen molar-refractivity contribution in [2.24, 2.45) is 5.92 Å². The number of unbranched alkanes of at least 4 members (excludes halogenated alkanes) is 1. The lowest BCUT2D eigenvalue weighted by Gasteiger charge is -2.20. The predicted octanol–water partition coefficient (Wildman–Crippen LogP) is 4.99. The number of carbonyl (C=O) groups is 3. The zero-order valence-corrected chi connectivity index (χ0v) is 19.5. The average molecular weight is 481 g/mol. The lowest BCUT2D eigenvalue weighted by atomic mass is 9.96. The van der Waals surface area contributed by atoms with Crippen LogP contribution >= 0.6 is 15.9 Å². The van der Waals surface area contributed by atoms with Crippen LogP contribution in [-0.4, -0.2) is 35.4 Å². The molecule has 1 atom stereocenters. The number of ether oxygens (including phenoxy) is 3. The molecule has 0 N–H and O–H groups in total. The molecule has 0 saturated carbocycles. The van der Waals surface area contributed by atoms with Crippen LogP contribution in [0, 0.1) is 5.92 Å². The van der Waals surface area contributed by atoms with E-state index in [0.29, 0.717) is 18.1 Å². The van der Waals surface area contributed by atoms with E-state index in [1.165, 1.54) is 12.1 Å². The molecule has 0 amide bonds. The molecule has 164 valence electrons. The molecular weight excluding hydrogens is 452 g/mol. The molecule has 7 heteroatoms. The number of benzene rings is 1. The second-order valence-corrected chi connectivity index (χ2v) is 8.38. The molecule has 30 heavy (non-hydrogen) atoms. The zero-order chi connectivity index (χ0) is 22.3. The molecule has 0 bridgehead atoms. The maximum Gasteiger partial charge on any atom is 0.344 e. The van der Waals surface area contributed by atoms with E-state index >= 15 is 0 Å². The number of rotatable bonds is 10. The third-order valence-electron chi connectivity index (χ3n) is 5.13. The smallest absolute Gasteiger partial charge is 0.344 e. The van der Waals surface area contributed by atoms with Gasteiger partial charge < -0.3 is 14.2 Å². The number of cyclic esters (lactones) is 1. The molecule has 1 aliphatic heterocycles. The lowest BCUT2D eigenvalue weighted by Crippen LogP contribution is -2.30. The van der Waals surface area contributed by atoms with Gasteiger partial charge in [-0.05, 0) is 50.5 Å². The van der Waals surface area contributed by atoms with Gasteiger partial charge in [-0.2, -0.15) is 0 Å². The fourth-order valence-corrected chi connectivity index (χ4v) is 3.80. The molecular formula is C23H29BrO6. The summed E-state index contributed by atoms with van der Waals surface area (Å²) in [5, 5.41) is 0.196. The zero-order valence-electron chi connectivity index (χ0n) is 18.0. The van der Waals surface area contributed by atoms with Gasteiger partial charge in [0.15, 0.2) is 0 Å². The van der Waals surface area contributed by atoms with Crippen LogP contribution in [0.15, 0.2) is 35.4 Å². The van der Waals surface area contributed by atoms with Crippen LogP contribution in [0.2, 0.25) is 0 Å². The van der Waals surface area contributed by atoms with E-state index in [-0.39, 0.29) is 22.2 Å². The van der Waals surface area contributed by atoms with Crippen molar-refractivity contribution in [1.29, 1.82) is 0 Å². The van der Waals surface area contributed by atoms with Crippen LogP contribution in [0.3, 0.4) is 0 Å². The summed E-state index contributed by atoms with van der Waals surface area (Å²) in [5.74, 6) is -0.958. The standard InChI is InChI=1S/C23H29BrO6/c1-5-7-8-15(6-2)14-28-20(25)16-9-11-17(12-10-16)29-22(27)19-18(13-24)21(26)30-23(19,3)4/h9-12,15H,5-8,13-14H2,1-4H3. The molecule has 0 aromatic heterocycles. The Bertz CT molecular complexity index is 809. The highest BCUT2D eigenvalue weighted by Crippen LogP contribution is 2.34. The van der Waals surface area contributed by atoms with Crippen LogP contribution in [0.25, 0.3) is 0 Å². The Hall–Kier alpha value is -2.15. The molecule has 1 aromatic rings. The summed E-state index contributed by atoms with van der Waals surface area (Å²) in [6.45, 7) is 7.92. The van der Waals surface area contributed by atoms with Gasteiger partial charge in [0.1, 0.15) is 11.4 Å². The highest BCUT2D eigenvalue weighted by molar-refractivity contribution is 9.09. The molecule has 6 nitrogen and oxygen atoms in total. The summed E-state index contributed by atoms with van der Waals surface area (Å²) in [6.07, 6.45) is 4.26. The quantitative estimate of drug-likeness (QED) is 0.266. The van der Waals surface area contributed by atoms with Crippen molar-refractivity contribution < 1.29 is 28.6 Å². The van der Waals surface area contributed by atoms with Crippen molar-refractivity contribution in [1.82, 2.24) is 0 Å². The van der Waals surface area contributed by atoms with E-state index in [4.69, 9.17) is 14.2 Å². The van der Waals surface area contributed by atoms with E-state index in [0.717, 1.165) is 25.7 Å². The van der Waals surface area contributed by atoms with Crippen molar-refractivity contribution in [3.8, 4) is 5.75 Å². The monoisotopic (exact) mass is 480 g/mol. The Kier molecular flexibility index (Phi) is 8.65. The lowest BCUT2D eigenvalue weighted by molar-refractivity contribution is -0.145. The first-order valence-corrected chi connectivity index (χ1v) is 11.4. The molecule has 0 saturated heterocycles. The van der Waals surface area contributed by atoms with Gasteiger partial charge in [-0.15, -0.1) is 0 Å². The first kappa shape index (κ1) is 24.1. The van der Waals surface area contributed by atoms with Crippen LogP contribution in [0.1, 0.15) is 63.7 Å². The maximum atomic E-state index is 12.6. The third-order valence-corrected chi connectivity index (χ3v) is 5.69. The molecule has 1 heterocycles. The Morgan fingerprint density at radius 3 is 2.37 bits per heavy atom. The molecule has 0 spiro atoms. The molecule has 0 fully saturated rings. The van der Waals surface area contributed by atoms with Gasteiger partial charge >= 0.3 is 17.9 Å². The highest BCUT2D eigenvalue weighted by Gasteiger charge is 2.44. The summed E-state index contributed by atoms with van der Waals surface area (Å²) in [5.41, 5.74) is -0.237. The summed E-state index contributed by atoms with van der Waals surface area (Å²) >= 11 is 3.21.